The highest BCUT2D eigenvalue weighted by molar-refractivity contribution is 5.96. The summed E-state index contributed by atoms with van der Waals surface area (Å²) in [6, 6.07) is 6.42. The highest BCUT2D eigenvalue weighted by Crippen LogP contribution is 2.04. The van der Waals surface area contributed by atoms with Gasteiger partial charge >= 0.3 is 0 Å². The minimum atomic E-state index is -0.407. The molecule has 1 aromatic rings. The first-order valence-electron chi connectivity index (χ1n) is 5.18. The summed E-state index contributed by atoms with van der Waals surface area (Å²) >= 11 is 0. The van der Waals surface area contributed by atoms with E-state index in [9.17, 15) is 9.59 Å². The Labute approximate surface area is 99.1 Å². The number of nitrogens with two attached hydrogens (primary N) is 1. The predicted molar refractivity (Wildman–Crippen MR) is 63.0 cm³/mol. The van der Waals surface area contributed by atoms with Crippen LogP contribution < -0.4 is 16.5 Å². The molecule has 0 aliphatic carbocycles. The molecular formula is C11H15N3O3. The van der Waals surface area contributed by atoms with Crippen LogP contribution >= 0.6 is 0 Å². The fourth-order valence-corrected chi connectivity index (χ4v) is 1.09. The zero-order valence-electron chi connectivity index (χ0n) is 9.53. The van der Waals surface area contributed by atoms with Gasteiger partial charge < -0.3 is 11.1 Å². The summed E-state index contributed by atoms with van der Waals surface area (Å²) in [7, 11) is 0. The molecular weight excluding hydrogens is 222 g/mol. The van der Waals surface area contributed by atoms with Crippen molar-refractivity contribution in [2.45, 2.75) is 6.92 Å². The first-order chi connectivity index (χ1) is 8.13. The molecule has 0 saturated heterocycles. The van der Waals surface area contributed by atoms with Crippen molar-refractivity contribution in [3.8, 4) is 0 Å². The first-order valence-corrected chi connectivity index (χ1v) is 5.18. The molecule has 0 bridgehead atoms. The summed E-state index contributed by atoms with van der Waals surface area (Å²) in [6.45, 7) is 1.98. The highest BCUT2D eigenvalue weighted by atomic mass is 16.6. The lowest BCUT2D eigenvalue weighted by Crippen LogP contribution is -2.36. The smallest absolute Gasteiger partial charge is 0.262 e. The largest absolute Gasteiger partial charge is 0.399 e. The van der Waals surface area contributed by atoms with E-state index in [1.807, 2.05) is 0 Å². The second-order valence-electron chi connectivity index (χ2n) is 3.26. The summed E-state index contributed by atoms with van der Waals surface area (Å²) in [5, 5.41) is 2.46. The van der Waals surface area contributed by atoms with Gasteiger partial charge in [0, 0.05) is 11.3 Å². The molecule has 0 saturated carbocycles. The Morgan fingerprint density at radius 2 is 1.94 bits per heavy atom. The molecule has 4 N–H and O–H groups in total. The van der Waals surface area contributed by atoms with Gasteiger partial charge in [0.2, 0.25) is 0 Å². The number of carbonyl (C=O) groups excluding carboxylic acids is 2. The van der Waals surface area contributed by atoms with E-state index in [1.165, 1.54) is 0 Å². The fourth-order valence-electron chi connectivity index (χ4n) is 1.09. The van der Waals surface area contributed by atoms with E-state index < -0.39 is 5.91 Å². The summed E-state index contributed by atoms with van der Waals surface area (Å²) in [4.78, 5) is 27.4. The van der Waals surface area contributed by atoms with Gasteiger partial charge in [0.15, 0.2) is 0 Å². The minimum absolute atomic E-state index is 0.136. The standard InChI is InChI=1S/C11H15N3O3/c1-2-17-14-10(15)7-13-11(16)8-3-5-9(12)6-4-8/h3-6H,2,7,12H2,1H3,(H,13,16)(H,14,15). The van der Waals surface area contributed by atoms with E-state index in [0.717, 1.165) is 0 Å². The number of anilines is 1. The minimum Gasteiger partial charge on any atom is -0.399 e. The topological polar surface area (TPSA) is 93.5 Å². The molecule has 92 valence electrons. The maximum atomic E-state index is 11.6. The third-order valence-electron chi connectivity index (χ3n) is 1.91. The van der Waals surface area contributed by atoms with Crippen molar-refractivity contribution in [2.75, 3.05) is 18.9 Å². The number of carbonyl (C=O) groups is 2. The highest BCUT2D eigenvalue weighted by Gasteiger charge is 2.07. The molecule has 0 atom stereocenters. The van der Waals surface area contributed by atoms with Crippen molar-refractivity contribution in [3.63, 3.8) is 0 Å². The maximum Gasteiger partial charge on any atom is 0.262 e. The van der Waals surface area contributed by atoms with Crippen molar-refractivity contribution >= 4 is 17.5 Å². The van der Waals surface area contributed by atoms with E-state index in [0.29, 0.717) is 17.9 Å². The van der Waals surface area contributed by atoms with Crippen molar-refractivity contribution in [1.29, 1.82) is 0 Å². The molecule has 6 heteroatoms. The lowest BCUT2D eigenvalue weighted by molar-refractivity contribution is -0.132. The Morgan fingerprint density at radius 3 is 2.53 bits per heavy atom. The number of nitrogens with one attached hydrogen (secondary N) is 2. The lowest BCUT2D eigenvalue weighted by atomic mass is 10.2. The van der Waals surface area contributed by atoms with Gasteiger partial charge in [-0.25, -0.2) is 5.48 Å². The van der Waals surface area contributed by atoms with Crippen LogP contribution in [0.4, 0.5) is 5.69 Å². The Balaban J connectivity index is 2.39. The van der Waals surface area contributed by atoms with Gasteiger partial charge in [-0.05, 0) is 31.2 Å². The van der Waals surface area contributed by atoms with Crippen LogP contribution in [0.3, 0.4) is 0 Å². The van der Waals surface area contributed by atoms with Gasteiger partial charge in [-0.15, -0.1) is 0 Å². The number of hydrogen-bond acceptors (Lipinski definition) is 4. The van der Waals surface area contributed by atoms with E-state index in [1.54, 1.807) is 31.2 Å². The molecule has 0 aliphatic rings. The van der Waals surface area contributed by atoms with Crippen LogP contribution in [0.25, 0.3) is 0 Å². The lowest BCUT2D eigenvalue weighted by Gasteiger charge is -2.06. The van der Waals surface area contributed by atoms with Crippen LogP contribution in [0, 0.1) is 0 Å². The van der Waals surface area contributed by atoms with Gasteiger partial charge in [0.05, 0.1) is 13.2 Å². The number of hydroxylamine groups is 1. The fraction of sp³-hybridized carbons (Fsp3) is 0.273. The van der Waals surface area contributed by atoms with E-state index in [-0.39, 0.29) is 12.5 Å². The zero-order valence-corrected chi connectivity index (χ0v) is 9.53. The molecule has 1 rings (SSSR count). The molecule has 0 heterocycles. The maximum absolute atomic E-state index is 11.6. The Morgan fingerprint density at radius 1 is 1.29 bits per heavy atom. The quantitative estimate of drug-likeness (QED) is 0.499. The summed E-state index contributed by atoms with van der Waals surface area (Å²) in [5.41, 5.74) is 8.69. The average molecular weight is 237 g/mol. The zero-order chi connectivity index (χ0) is 12.7. The molecule has 1 aromatic carbocycles. The number of amides is 2. The van der Waals surface area contributed by atoms with E-state index >= 15 is 0 Å². The normalized spacial score (nSPS) is 9.71. The van der Waals surface area contributed by atoms with Gasteiger partial charge in [0.25, 0.3) is 11.8 Å². The van der Waals surface area contributed by atoms with Crippen molar-refractivity contribution in [3.05, 3.63) is 29.8 Å². The van der Waals surface area contributed by atoms with Gasteiger partial charge in [0.1, 0.15) is 0 Å². The van der Waals surface area contributed by atoms with Crippen LogP contribution in [-0.2, 0) is 9.63 Å². The number of benzene rings is 1. The van der Waals surface area contributed by atoms with Gasteiger partial charge in [-0.1, -0.05) is 0 Å². The summed E-state index contributed by atoms with van der Waals surface area (Å²) in [5.74, 6) is -0.743. The van der Waals surface area contributed by atoms with Crippen LogP contribution in [0.5, 0.6) is 0 Å². The van der Waals surface area contributed by atoms with Crippen molar-refractivity contribution < 1.29 is 14.4 Å². The molecule has 0 unspecified atom stereocenters. The van der Waals surface area contributed by atoms with E-state index in [2.05, 4.69) is 15.6 Å². The van der Waals surface area contributed by atoms with Crippen molar-refractivity contribution in [2.24, 2.45) is 0 Å². The SMILES string of the molecule is CCONC(=O)CNC(=O)c1ccc(N)cc1. The number of rotatable bonds is 5. The molecule has 0 aliphatic heterocycles. The molecule has 2 amide bonds. The molecule has 0 radical (unpaired) electrons. The molecule has 0 aromatic heterocycles. The average Bonchev–Trinajstić information content (AvgIpc) is 2.34. The molecule has 0 fully saturated rings. The summed E-state index contributed by atoms with van der Waals surface area (Å²) < 4.78 is 0. The Bertz CT molecular complexity index is 389. The Kier molecular flexibility index (Phi) is 4.96. The van der Waals surface area contributed by atoms with Gasteiger partial charge in [-0.3, -0.25) is 14.4 Å². The molecule has 17 heavy (non-hydrogen) atoms. The second-order valence-corrected chi connectivity index (χ2v) is 3.26. The predicted octanol–water partition coefficient (Wildman–Crippen LogP) is 0.0663. The van der Waals surface area contributed by atoms with Gasteiger partial charge in [-0.2, -0.15) is 0 Å². The molecule has 6 nitrogen and oxygen atoms in total. The van der Waals surface area contributed by atoms with Crippen LogP contribution in [-0.4, -0.2) is 25.0 Å². The number of nitrogen functional groups attached to an aromatic ring is 1. The van der Waals surface area contributed by atoms with Crippen LogP contribution in [0.2, 0.25) is 0 Å². The third kappa shape index (κ3) is 4.52. The number of hydrogen-bond donors (Lipinski definition) is 3. The molecule has 0 spiro atoms. The van der Waals surface area contributed by atoms with Crippen LogP contribution in [0.15, 0.2) is 24.3 Å². The van der Waals surface area contributed by atoms with Crippen LogP contribution in [0.1, 0.15) is 17.3 Å². The summed E-state index contributed by atoms with van der Waals surface area (Å²) in [6.07, 6.45) is 0. The Hall–Kier alpha value is -2.08. The first kappa shape index (κ1) is 13.0. The van der Waals surface area contributed by atoms with Crippen molar-refractivity contribution in [1.82, 2.24) is 10.8 Å². The monoisotopic (exact) mass is 237 g/mol. The second kappa shape index (κ2) is 6.49. The third-order valence-corrected chi connectivity index (χ3v) is 1.91. The van der Waals surface area contributed by atoms with E-state index in [4.69, 9.17) is 5.73 Å².